The van der Waals surface area contributed by atoms with Gasteiger partial charge in [-0.25, -0.2) is 0 Å². The van der Waals surface area contributed by atoms with Crippen LogP contribution in [0, 0.1) is 10.1 Å². The average Bonchev–Trinajstić information content (AvgIpc) is 2.23. The van der Waals surface area contributed by atoms with Crippen LogP contribution in [-0.4, -0.2) is 4.92 Å². The van der Waals surface area contributed by atoms with E-state index >= 15 is 0 Å². The van der Waals surface area contributed by atoms with Crippen LogP contribution in [-0.2, 0) is 0 Å². The minimum Gasteiger partial charge on any atom is -0.259 e. The minimum atomic E-state index is -0.664. The van der Waals surface area contributed by atoms with Gasteiger partial charge in [-0.2, -0.15) is 0 Å². The summed E-state index contributed by atoms with van der Waals surface area (Å²) in [7, 11) is 0. The van der Waals surface area contributed by atoms with E-state index in [1.54, 1.807) is 0 Å². The summed E-state index contributed by atoms with van der Waals surface area (Å²) in [4.78, 5) is 9.51. The largest absolute Gasteiger partial charge is 0.259 e. The molecular weight excluding hydrogens is 319 g/mol. The number of hydrogen-bond donors (Lipinski definition) is 0. The van der Waals surface area contributed by atoms with Crippen molar-refractivity contribution in [1.82, 2.24) is 0 Å². The van der Waals surface area contributed by atoms with Crippen LogP contribution in [0.2, 0.25) is 25.1 Å². The molecule has 0 aliphatic carbocycles. The summed E-state index contributed by atoms with van der Waals surface area (Å²) in [5, 5.41) is 10.2. The Kier molecular flexibility index (Phi) is 4.71. The van der Waals surface area contributed by atoms with Crippen LogP contribution in [0.25, 0.3) is 6.08 Å². The van der Waals surface area contributed by atoms with E-state index < -0.39 is 4.92 Å². The van der Waals surface area contributed by atoms with Crippen LogP contribution in [0.3, 0.4) is 0 Å². The van der Waals surface area contributed by atoms with Gasteiger partial charge in [0, 0.05) is 11.6 Å². The van der Waals surface area contributed by atoms with Crippen molar-refractivity contribution in [2.24, 2.45) is 0 Å². The molecule has 1 rings (SSSR count). The van der Waals surface area contributed by atoms with Gasteiger partial charge in [-0.15, -0.1) is 0 Å². The van der Waals surface area contributed by atoms with Crippen LogP contribution in [0.4, 0.5) is 0 Å². The molecule has 0 unspecified atom stereocenters. The Morgan fingerprint density at radius 3 is 1.62 bits per heavy atom. The monoisotopic (exact) mass is 319 g/mol. The molecule has 0 heterocycles. The van der Waals surface area contributed by atoms with Crippen molar-refractivity contribution in [1.29, 1.82) is 0 Å². The first-order valence-electron chi connectivity index (χ1n) is 3.69. The molecule has 0 amide bonds. The van der Waals surface area contributed by atoms with Crippen LogP contribution in [0.15, 0.2) is 6.20 Å². The first-order valence-corrected chi connectivity index (χ1v) is 5.58. The van der Waals surface area contributed by atoms with Crippen molar-refractivity contribution in [3.8, 4) is 0 Å². The maximum absolute atomic E-state index is 10.2. The highest BCUT2D eigenvalue weighted by atomic mass is 35.5. The molecule has 86 valence electrons. The summed E-state index contributed by atoms with van der Waals surface area (Å²) in [5.41, 5.74) is 0.152. The van der Waals surface area contributed by atoms with E-state index in [9.17, 15) is 10.1 Å². The van der Waals surface area contributed by atoms with Gasteiger partial charge < -0.3 is 0 Å². The third kappa shape index (κ3) is 2.73. The Morgan fingerprint density at radius 1 is 0.875 bits per heavy atom. The number of halogens is 5. The van der Waals surface area contributed by atoms with Crippen molar-refractivity contribution in [3.63, 3.8) is 0 Å². The second kappa shape index (κ2) is 5.43. The lowest BCUT2D eigenvalue weighted by atomic mass is 10.2. The summed E-state index contributed by atoms with van der Waals surface area (Å²) >= 11 is 28.9. The van der Waals surface area contributed by atoms with Gasteiger partial charge in [0.15, 0.2) is 0 Å². The molecule has 16 heavy (non-hydrogen) atoms. The van der Waals surface area contributed by atoms with Crippen LogP contribution < -0.4 is 0 Å². The molecule has 0 aromatic heterocycles. The van der Waals surface area contributed by atoms with Crippen molar-refractivity contribution in [3.05, 3.63) is 47.0 Å². The number of rotatable bonds is 2. The molecule has 0 spiro atoms. The lowest BCUT2D eigenvalue weighted by Crippen LogP contribution is -1.87. The molecule has 8 heteroatoms. The molecule has 0 atom stereocenters. The minimum absolute atomic E-state index is 0.000677. The molecule has 0 radical (unpaired) electrons. The first kappa shape index (κ1) is 13.9. The molecule has 0 N–H and O–H groups in total. The molecule has 0 saturated carbocycles. The molecule has 0 aliphatic heterocycles. The van der Waals surface area contributed by atoms with E-state index in [0.717, 1.165) is 6.08 Å². The first-order chi connectivity index (χ1) is 7.36. The predicted molar refractivity (Wildman–Crippen MR) is 67.5 cm³/mol. The molecular formula is C8H2Cl5NO2. The summed E-state index contributed by atoms with van der Waals surface area (Å²) in [6.07, 6.45) is 1.77. The molecule has 0 fully saturated rings. The Labute approximate surface area is 116 Å². The number of nitro groups is 1. The number of benzene rings is 1. The predicted octanol–water partition coefficient (Wildman–Crippen LogP) is 5.20. The van der Waals surface area contributed by atoms with Gasteiger partial charge in [0.25, 0.3) is 0 Å². The summed E-state index contributed by atoms with van der Waals surface area (Å²) < 4.78 is 0. The highest BCUT2D eigenvalue weighted by molar-refractivity contribution is 6.55. The fourth-order valence-electron chi connectivity index (χ4n) is 0.904. The smallest absolute Gasteiger partial charge is 0.235 e. The van der Waals surface area contributed by atoms with E-state index in [1.165, 1.54) is 0 Å². The van der Waals surface area contributed by atoms with Crippen molar-refractivity contribution < 1.29 is 4.92 Å². The quantitative estimate of drug-likeness (QED) is 0.325. The maximum Gasteiger partial charge on any atom is 0.235 e. The lowest BCUT2D eigenvalue weighted by Gasteiger charge is -2.08. The molecule has 3 nitrogen and oxygen atoms in total. The topological polar surface area (TPSA) is 43.1 Å². The van der Waals surface area contributed by atoms with E-state index in [2.05, 4.69) is 0 Å². The zero-order chi connectivity index (χ0) is 12.5. The molecule has 0 aliphatic rings. The third-order valence-corrected chi connectivity index (χ3v) is 3.91. The van der Waals surface area contributed by atoms with E-state index in [0.29, 0.717) is 6.20 Å². The Hall–Kier alpha value is -0.190. The maximum atomic E-state index is 10.2. The molecule has 1 aromatic carbocycles. The number of hydrogen-bond acceptors (Lipinski definition) is 2. The summed E-state index contributed by atoms with van der Waals surface area (Å²) in [6.45, 7) is 0. The van der Waals surface area contributed by atoms with Gasteiger partial charge in [0.2, 0.25) is 6.20 Å². The van der Waals surface area contributed by atoms with Gasteiger partial charge in [0.05, 0.1) is 30.0 Å². The van der Waals surface area contributed by atoms with Crippen LogP contribution in [0.1, 0.15) is 5.56 Å². The van der Waals surface area contributed by atoms with Crippen LogP contribution in [0.5, 0.6) is 0 Å². The fraction of sp³-hybridized carbons (Fsp3) is 0. The third-order valence-electron chi connectivity index (χ3n) is 1.61. The standard InChI is InChI=1S/C8H2Cl5NO2/c9-4-3(1-2-14(15)16)5(10)7(12)8(13)6(4)11/h1-2H/b2-1+. The van der Waals surface area contributed by atoms with Gasteiger partial charge in [0.1, 0.15) is 0 Å². The van der Waals surface area contributed by atoms with Gasteiger partial charge in [-0.1, -0.05) is 58.0 Å². The van der Waals surface area contributed by atoms with Crippen molar-refractivity contribution in [2.45, 2.75) is 0 Å². The fourth-order valence-corrected chi connectivity index (χ4v) is 2.18. The van der Waals surface area contributed by atoms with Gasteiger partial charge in [-0.05, 0) is 0 Å². The van der Waals surface area contributed by atoms with Gasteiger partial charge in [-0.3, -0.25) is 10.1 Å². The Balaban J connectivity index is 3.45. The van der Waals surface area contributed by atoms with Crippen molar-refractivity contribution >= 4 is 64.1 Å². The van der Waals surface area contributed by atoms with Crippen LogP contribution >= 0.6 is 58.0 Å². The van der Waals surface area contributed by atoms with E-state index in [-0.39, 0.29) is 30.7 Å². The second-order valence-corrected chi connectivity index (χ2v) is 4.47. The zero-order valence-corrected chi connectivity index (χ0v) is 11.1. The zero-order valence-electron chi connectivity index (χ0n) is 7.31. The summed E-state index contributed by atoms with van der Waals surface area (Å²) in [5.74, 6) is 0. The highest BCUT2D eigenvalue weighted by Crippen LogP contribution is 2.44. The molecule has 0 saturated heterocycles. The SMILES string of the molecule is O=[N+]([O-])/C=C/c1c(Cl)c(Cl)c(Cl)c(Cl)c1Cl. The van der Waals surface area contributed by atoms with Gasteiger partial charge >= 0.3 is 0 Å². The summed E-state index contributed by atoms with van der Waals surface area (Å²) in [6, 6.07) is 0. The lowest BCUT2D eigenvalue weighted by molar-refractivity contribution is -0.400. The molecule has 0 bridgehead atoms. The highest BCUT2D eigenvalue weighted by Gasteiger charge is 2.17. The second-order valence-electron chi connectivity index (χ2n) is 2.58. The van der Waals surface area contributed by atoms with Crippen molar-refractivity contribution in [2.75, 3.05) is 0 Å². The van der Waals surface area contributed by atoms with E-state index in [4.69, 9.17) is 58.0 Å². The Morgan fingerprint density at radius 2 is 1.25 bits per heavy atom. The number of nitrogens with zero attached hydrogens (tertiary/aromatic N) is 1. The average molecular weight is 321 g/mol. The van der Waals surface area contributed by atoms with E-state index in [1.807, 2.05) is 0 Å². The Bertz CT molecular complexity index is 457. The molecule has 1 aromatic rings. The normalized spacial score (nSPS) is 11.1.